The molecule has 0 atom stereocenters. The van der Waals surface area contributed by atoms with Crippen LogP contribution in [0.15, 0.2) is 41.2 Å². The Hall–Kier alpha value is -2.77. The highest BCUT2D eigenvalue weighted by molar-refractivity contribution is 5.75. The van der Waals surface area contributed by atoms with Gasteiger partial charge in [-0.2, -0.15) is 0 Å². The van der Waals surface area contributed by atoms with E-state index in [1.54, 1.807) is 18.8 Å². The van der Waals surface area contributed by atoms with Crippen LogP contribution in [-0.2, 0) is 26.2 Å². The maximum Gasteiger partial charge on any atom is 0.329 e. The summed E-state index contributed by atoms with van der Waals surface area (Å²) in [6.07, 6.45) is 1.93. The Bertz CT molecular complexity index is 1050. The van der Waals surface area contributed by atoms with Crippen LogP contribution in [-0.4, -0.2) is 46.5 Å². The predicted octanol–water partition coefficient (Wildman–Crippen LogP) is 2.61. The van der Waals surface area contributed by atoms with E-state index in [2.05, 4.69) is 17.0 Å². The van der Waals surface area contributed by atoms with Crippen molar-refractivity contribution in [2.75, 3.05) is 27.4 Å². The van der Waals surface area contributed by atoms with Crippen LogP contribution in [0.3, 0.4) is 0 Å². The highest BCUT2D eigenvalue weighted by Gasteiger charge is 2.21. The van der Waals surface area contributed by atoms with Crippen molar-refractivity contribution in [3.8, 4) is 11.5 Å². The summed E-state index contributed by atoms with van der Waals surface area (Å²) < 4.78 is 14.3. The molecule has 0 saturated carbocycles. The summed E-state index contributed by atoms with van der Waals surface area (Å²) in [5.74, 6) is 1.55. The van der Waals surface area contributed by atoms with Crippen molar-refractivity contribution < 1.29 is 14.6 Å². The number of aliphatic hydroxyl groups is 1. The van der Waals surface area contributed by atoms with Crippen molar-refractivity contribution in [1.29, 1.82) is 0 Å². The highest BCUT2D eigenvalue weighted by atomic mass is 16.5. The largest absolute Gasteiger partial charge is 0.493 e. The summed E-state index contributed by atoms with van der Waals surface area (Å²) in [5, 5.41) is 9.30. The molecule has 0 radical (unpaired) electrons. The number of ether oxygens (including phenoxy) is 2. The smallest absolute Gasteiger partial charge is 0.329 e. The summed E-state index contributed by atoms with van der Waals surface area (Å²) >= 11 is 0. The predicted molar refractivity (Wildman–Crippen MR) is 116 cm³/mol. The van der Waals surface area contributed by atoms with Crippen LogP contribution >= 0.6 is 0 Å². The number of benzene rings is 2. The zero-order valence-corrected chi connectivity index (χ0v) is 17.6. The zero-order valence-electron chi connectivity index (χ0n) is 17.6. The van der Waals surface area contributed by atoms with Gasteiger partial charge in [-0.15, -0.1) is 0 Å². The number of imidazole rings is 1. The zero-order chi connectivity index (χ0) is 21.1. The van der Waals surface area contributed by atoms with E-state index in [1.165, 1.54) is 11.1 Å². The first-order valence-corrected chi connectivity index (χ1v) is 10.4. The number of fused-ring (bicyclic) bond motifs is 2. The van der Waals surface area contributed by atoms with E-state index in [0.29, 0.717) is 13.1 Å². The fraction of sp³-hybridized carbons (Fsp3) is 0.435. The van der Waals surface area contributed by atoms with Gasteiger partial charge >= 0.3 is 5.69 Å². The molecule has 7 nitrogen and oxygen atoms in total. The standard InChI is InChI=1S/C23H29N3O4/c1-29-21-13-17-15-24(16-18(17)14-22(21)30-2)9-5-6-10-25-19-7-3-4-8-20(19)26(11-12-27)23(25)28/h3-4,7-8,13-14,27H,5-6,9-12,15-16H2,1-2H3. The van der Waals surface area contributed by atoms with Gasteiger partial charge in [0, 0.05) is 19.6 Å². The van der Waals surface area contributed by atoms with Crippen LogP contribution in [0.5, 0.6) is 11.5 Å². The van der Waals surface area contributed by atoms with E-state index >= 15 is 0 Å². The number of hydrogen-bond donors (Lipinski definition) is 1. The van der Waals surface area contributed by atoms with Gasteiger partial charge in [-0.1, -0.05) is 12.1 Å². The van der Waals surface area contributed by atoms with Crippen molar-refractivity contribution >= 4 is 11.0 Å². The quantitative estimate of drug-likeness (QED) is 0.548. The number of aliphatic hydroxyl groups excluding tert-OH is 1. The summed E-state index contributed by atoms with van der Waals surface area (Å²) in [6.45, 7) is 3.75. The van der Waals surface area contributed by atoms with Crippen molar-refractivity contribution in [2.24, 2.45) is 0 Å². The van der Waals surface area contributed by atoms with Gasteiger partial charge in [0.15, 0.2) is 11.5 Å². The van der Waals surface area contributed by atoms with E-state index in [1.807, 2.05) is 28.8 Å². The van der Waals surface area contributed by atoms with Gasteiger partial charge in [0.2, 0.25) is 0 Å². The average Bonchev–Trinajstić information content (AvgIpc) is 3.28. The first-order chi connectivity index (χ1) is 14.7. The second kappa shape index (κ2) is 8.93. The minimum Gasteiger partial charge on any atom is -0.493 e. The van der Waals surface area contributed by atoms with Gasteiger partial charge in [-0.25, -0.2) is 4.79 Å². The van der Waals surface area contributed by atoms with Crippen molar-refractivity contribution in [3.05, 3.63) is 58.0 Å². The molecular formula is C23H29N3O4. The van der Waals surface area contributed by atoms with Crippen LogP contribution in [0.25, 0.3) is 11.0 Å². The maximum atomic E-state index is 12.8. The Morgan fingerprint density at radius 3 is 1.93 bits per heavy atom. The molecule has 0 unspecified atom stereocenters. The Morgan fingerprint density at radius 2 is 1.40 bits per heavy atom. The number of rotatable bonds is 9. The lowest BCUT2D eigenvalue weighted by Crippen LogP contribution is -2.26. The molecule has 2 heterocycles. The third kappa shape index (κ3) is 3.82. The number of hydrogen-bond acceptors (Lipinski definition) is 5. The van der Waals surface area contributed by atoms with Crippen LogP contribution < -0.4 is 15.2 Å². The number of aromatic nitrogens is 2. The number of para-hydroxylation sites is 2. The third-order valence-corrected chi connectivity index (χ3v) is 5.85. The molecule has 0 saturated heterocycles. The molecule has 0 amide bonds. The number of methoxy groups -OCH3 is 2. The fourth-order valence-corrected chi connectivity index (χ4v) is 4.36. The van der Waals surface area contributed by atoms with Gasteiger partial charge in [0.05, 0.1) is 38.4 Å². The van der Waals surface area contributed by atoms with Gasteiger partial charge in [0.25, 0.3) is 0 Å². The fourth-order valence-electron chi connectivity index (χ4n) is 4.36. The third-order valence-electron chi connectivity index (χ3n) is 5.85. The molecule has 1 aliphatic rings. The summed E-state index contributed by atoms with van der Waals surface area (Å²) in [5.41, 5.74) is 4.35. The van der Waals surface area contributed by atoms with Crippen molar-refractivity contribution in [2.45, 2.75) is 39.0 Å². The van der Waals surface area contributed by atoms with E-state index in [0.717, 1.165) is 55.0 Å². The van der Waals surface area contributed by atoms with Crippen LogP contribution in [0, 0.1) is 0 Å². The lowest BCUT2D eigenvalue weighted by atomic mass is 10.1. The Kier molecular flexibility index (Phi) is 6.11. The number of unbranched alkanes of at least 4 members (excludes halogenated alkanes) is 1. The van der Waals surface area contributed by atoms with Gasteiger partial charge in [-0.05, 0) is 54.8 Å². The van der Waals surface area contributed by atoms with Crippen LogP contribution in [0.2, 0.25) is 0 Å². The molecule has 30 heavy (non-hydrogen) atoms. The van der Waals surface area contributed by atoms with Crippen LogP contribution in [0.4, 0.5) is 0 Å². The van der Waals surface area contributed by atoms with Gasteiger partial charge in [-0.3, -0.25) is 14.0 Å². The van der Waals surface area contributed by atoms with Crippen molar-refractivity contribution in [1.82, 2.24) is 14.0 Å². The van der Waals surface area contributed by atoms with E-state index in [4.69, 9.17) is 9.47 Å². The summed E-state index contributed by atoms with van der Waals surface area (Å²) in [6, 6.07) is 11.9. The molecule has 0 bridgehead atoms. The number of aryl methyl sites for hydroxylation is 1. The first kappa shape index (κ1) is 20.5. The lowest BCUT2D eigenvalue weighted by Gasteiger charge is -2.14. The second-order valence-electron chi connectivity index (χ2n) is 7.69. The molecule has 2 aromatic carbocycles. The lowest BCUT2D eigenvalue weighted by molar-refractivity contribution is 0.272. The topological polar surface area (TPSA) is 68.9 Å². The minimum absolute atomic E-state index is 0.0427. The molecule has 0 fully saturated rings. The van der Waals surface area contributed by atoms with Crippen molar-refractivity contribution in [3.63, 3.8) is 0 Å². The molecule has 160 valence electrons. The maximum absolute atomic E-state index is 12.8. The molecule has 1 aliphatic heterocycles. The average molecular weight is 412 g/mol. The molecule has 7 heteroatoms. The Morgan fingerprint density at radius 1 is 0.867 bits per heavy atom. The molecule has 1 aromatic heterocycles. The summed E-state index contributed by atoms with van der Waals surface area (Å²) in [4.78, 5) is 15.2. The Balaban J connectivity index is 1.37. The minimum atomic E-state index is -0.0435. The molecule has 3 aromatic rings. The van der Waals surface area contributed by atoms with E-state index in [9.17, 15) is 9.90 Å². The second-order valence-corrected chi connectivity index (χ2v) is 7.69. The summed E-state index contributed by atoms with van der Waals surface area (Å²) in [7, 11) is 3.33. The molecule has 1 N–H and O–H groups in total. The molecule has 0 spiro atoms. The van der Waals surface area contributed by atoms with Gasteiger partial charge < -0.3 is 14.6 Å². The van der Waals surface area contributed by atoms with Gasteiger partial charge in [0.1, 0.15) is 0 Å². The highest BCUT2D eigenvalue weighted by Crippen LogP contribution is 2.34. The first-order valence-electron chi connectivity index (χ1n) is 10.4. The Labute approximate surface area is 176 Å². The number of nitrogens with zero attached hydrogens (tertiary/aromatic N) is 3. The monoisotopic (exact) mass is 411 g/mol. The molecule has 4 rings (SSSR count). The normalized spacial score (nSPS) is 13.7. The van der Waals surface area contributed by atoms with E-state index in [-0.39, 0.29) is 12.3 Å². The molecule has 0 aliphatic carbocycles. The SMILES string of the molecule is COc1cc2c(cc1OC)CN(CCCCn1c(=O)n(CCO)c3ccccc31)C2. The molecular weight excluding hydrogens is 382 g/mol. The van der Waals surface area contributed by atoms with Crippen LogP contribution in [0.1, 0.15) is 24.0 Å². The van der Waals surface area contributed by atoms with E-state index < -0.39 is 0 Å².